The van der Waals surface area contributed by atoms with Crippen LogP contribution in [-0.2, 0) is 0 Å². The quantitative estimate of drug-likeness (QED) is 0.299. The number of ether oxygens (including phenoxy) is 2. The lowest BCUT2D eigenvalue weighted by atomic mass is 9.98. The van der Waals surface area contributed by atoms with Crippen molar-refractivity contribution in [3.63, 3.8) is 0 Å². The average Bonchev–Trinajstić information content (AvgIpc) is 2.78. The lowest BCUT2D eigenvalue weighted by Crippen LogP contribution is -2.20. The van der Waals surface area contributed by atoms with Crippen LogP contribution in [0.1, 0.15) is 0 Å². The first-order valence-corrected chi connectivity index (χ1v) is 9.61. The Balaban J connectivity index is 1.63. The van der Waals surface area contributed by atoms with E-state index in [1.807, 2.05) is 48.5 Å². The Morgan fingerprint density at radius 2 is 1.25 bits per heavy atom. The van der Waals surface area contributed by atoms with Crippen LogP contribution in [0.4, 0.5) is 22.0 Å². The number of benzene rings is 4. The standard InChI is InChI=1S/C25H17F5O2/c1-31-20-9-6-16(7-10-20)15-2-4-17(5-3-15)18-8-11-21-19(12-18)13-22(26)24(23(21)27)32-14-25(28,29)30/h2-13H,14H2,1H3. The van der Waals surface area contributed by atoms with E-state index in [-0.39, 0.29) is 10.8 Å². The summed E-state index contributed by atoms with van der Waals surface area (Å²) in [6.07, 6.45) is -4.70. The molecule has 4 aromatic carbocycles. The molecule has 0 unspecified atom stereocenters. The Bertz CT molecular complexity index is 1250. The van der Waals surface area contributed by atoms with Gasteiger partial charge in [0, 0.05) is 5.39 Å². The van der Waals surface area contributed by atoms with E-state index in [4.69, 9.17) is 4.74 Å². The molecule has 32 heavy (non-hydrogen) atoms. The fourth-order valence-electron chi connectivity index (χ4n) is 3.42. The fourth-order valence-corrected chi connectivity index (χ4v) is 3.42. The van der Waals surface area contributed by atoms with E-state index < -0.39 is 30.2 Å². The summed E-state index contributed by atoms with van der Waals surface area (Å²) in [5.41, 5.74) is 3.52. The van der Waals surface area contributed by atoms with Crippen molar-refractivity contribution in [2.75, 3.05) is 13.7 Å². The monoisotopic (exact) mass is 444 g/mol. The molecule has 0 saturated carbocycles. The highest BCUT2D eigenvalue weighted by Crippen LogP contribution is 2.34. The van der Waals surface area contributed by atoms with Gasteiger partial charge in [0.25, 0.3) is 0 Å². The topological polar surface area (TPSA) is 18.5 Å². The minimum Gasteiger partial charge on any atom is -0.497 e. The zero-order valence-electron chi connectivity index (χ0n) is 16.8. The van der Waals surface area contributed by atoms with Gasteiger partial charge in [-0.2, -0.15) is 13.2 Å². The van der Waals surface area contributed by atoms with Gasteiger partial charge in [0.2, 0.25) is 0 Å². The highest BCUT2D eigenvalue weighted by Gasteiger charge is 2.30. The van der Waals surface area contributed by atoms with Crippen LogP contribution >= 0.6 is 0 Å². The van der Waals surface area contributed by atoms with Crippen LogP contribution in [0.2, 0.25) is 0 Å². The van der Waals surface area contributed by atoms with Crippen molar-refractivity contribution in [1.82, 2.24) is 0 Å². The van der Waals surface area contributed by atoms with Gasteiger partial charge in [-0.05, 0) is 51.9 Å². The Labute approximate surface area is 180 Å². The van der Waals surface area contributed by atoms with Crippen LogP contribution in [0, 0.1) is 11.6 Å². The van der Waals surface area contributed by atoms with E-state index >= 15 is 0 Å². The molecule has 4 aromatic rings. The van der Waals surface area contributed by atoms with Gasteiger partial charge in [-0.15, -0.1) is 0 Å². The lowest BCUT2D eigenvalue weighted by Gasteiger charge is -2.13. The van der Waals surface area contributed by atoms with Gasteiger partial charge in [0.1, 0.15) is 5.75 Å². The molecule has 0 saturated heterocycles. The maximum Gasteiger partial charge on any atom is 0.422 e. The van der Waals surface area contributed by atoms with Gasteiger partial charge in [0.15, 0.2) is 24.0 Å². The molecule has 0 fully saturated rings. The van der Waals surface area contributed by atoms with Crippen LogP contribution in [0.15, 0.2) is 72.8 Å². The van der Waals surface area contributed by atoms with Crippen molar-refractivity contribution >= 4 is 10.8 Å². The number of methoxy groups -OCH3 is 1. The number of alkyl halides is 3. The Kier molecular flexibility index (Phi) is 5.74. The van der Waals surface area contributed by atoms with E-state index in [0.717, 1.165) is 28.5 Å². The zero-order valence-corrected chi connectivity index (χ0v) is 16.8. The van der Waals surface area contributed by atoms with Gasteiger partial charge in [-0.3, -0.25) is 0 Å². The predicted octanol–water partition coefficient (Wildman–Crippen LogP) is 7.40. The molecular formula is C25H17F5O2. The number of hydrogen-bond acceptors (Lipinski definition) is 2. The highest BCUT2D eigenvalue weighted by molar-refractivity contribution is 5.89. The summed E-state index contributed by atoms with van der Waals surface area (Å²) >= 11 is 0. The summed E-state index contributed by atoms with van der Waals surface area (Å²) in [5.74, 6) is -2.63. The average molecular weight is 444 g/mol. The first kappa shape index (κ1) is 21.6. The number of fused-ring (bicyclic) bond motifs is 1. The molecular weight excluding hydrogens is 427 g/mol. The van der Waals surface area contributed by atoms with Crippen molar-refractivity contribution in [1.29, 1.82) is 0 Å². The molecule has 0 atom stereocenters. The predicted molar refractivity (Wildman–Crippen MR) is 113 cm³/mol. The molecule has 4 rings (SSSR count). The Morgan fingerprint density at radius 3 is 1.81 bits per heavy atom. The maximum atomic E-state index is 14.6. The SMILES string of the molecule is COc1ccc(-c2ccc(-c3ccc4c(F)c(OCC(F)(F)F)c(F)cc4c3)cc2)cc1. The zero-order chi connectivity index (χ0) is 22.9. The van der Waals surface area contributed by atoms with Gasteiger partial charge in [0.05, 0.1) is 7.11 Å². The summed E-state index contributed by atoms with van der Waals surface area (Å²) in [4.78, 5) is 0. The van der Waals surface area contributed by atoms with Crippen LogP contribution < -0.4 is 9.47 Å². The van der Waals surface area contributed by atoms with E-state index in [9.17, 15) is 22.0 Å². The molecule has 2 nitrogen and oxygen atoms in total. The summed E-state index contributed by atoms with van der Waals surface area (Å²) in [6, 6.07) is 20.8. The first-order chi connectivity index (χ1) is 15.2. The molecule has 0 bridgehead atoms. The summed E-state index contributed by atoms with van der Waals surface area (Å²) in [6.45, 7) is -1.77. The molecule has 7 heteroatoms. The van der Waals surface area contributed by atoms with E-state index in [0.29, 0.717) is 5.56 Å². The fraction of sp³-hybridized carbons (Fsp3) is 0.120. The van der Waals surface area contributed by atoms with Crippen molar-refractivity contribution in [3.05, 3.63) is 84.4 Å². The maximum absolute atomic E-state index is 14.6. The largest absolute Gasteiger partial charge is 0.497 e. The molecule has 0 spiro atoms. The highest BCUT2D eigenvalue weighted by atomic mass is 19.4. The number of rotatable bonds is 5. The summed E-state index contributed by atoms with van der Waals surface area (Å²) < 4.78 is 75.4. The van der Waals surface area contributed by atoms with Crippen LogP contribution in [-0.4, -0.2) is 19.9 Å². The lowest BCUT2D eigenvalue weighted by molar-refractivity contribution is -0.154. The second-order valence-electron chi connectivity index (χ2n) is 7.15. The Hall–Kier alpha value is -3.61. The van der Waals surface area contributed by atoms with Crippen molar-refractivity contribution < 1.29 is 31.4 Å². The van der Waals surface area contributed by atoms with Crippen molar-refractivity contribution in [2.24, 2.45) is 0 Å². The second kappa shape index (κ2) is 8.49. The second-order valence-corrected chi connectivity index (χ2v) is 7.15. The first-order valence-electron chi connectivity index (χ1n) is 9.61. The third kappa shape index (κ3) is 4.51. The van der Waals surface area contributed by atoms with Crippen molar-refractivity contribution in [2.45, 2.75) is 6.18 Å². The third-order valence-electron chi connectivity index (χ3n) is 5.01. The summed E-state index contributed by atoms with van der Waals surface area (Å²) in [5, 5.41) is 0.193. The van der Waals surface area contributed by atoms with E-state index in [1.165, 1.54) is 6.07 Å². The van der Waals surface area contributed by atoms with E-state index in [2.05, 4.69) is 4.74 Å². The Morgan fingerprint density at radius 1 is 0.719 bits per heavy atom. The molecule has 164 valence electrons. The van der Waals surface area contributed by atoms with Crippen LogP contribution in [0.25, 0.3) is 33.0 Å². The summed E-state index contributed by atoms with van der Waals surface area (Å²) in [7, 11) is 1.60. The van der Waals surface area contributed by atoms with Gasteiger partial charge in [-0.25, -0.2) is 8.78 Å². The smallest absolute Gasteiger partial charge is 0.422 e. The minimum absolute atomic E-state index is 0.0258. The van der Waals surface area contributed by atoms with Gasteiger partial charge < -0.3 is 9.47 Å². The minimum atomic E-state index is -4.70. The van der Waals surface area contributed by atoms with Crippen molar-refractivity contribution in [3.8, 4) is 33.8 Å². The molecule has 0 N–H and O–H groups in total. The molecule has 0 aliphatic carbocycles. The van der Waals surface area contributed by atoms with Gasteiger partial charge >= 0.3 is 6.18 Å². The molecule has 0 aromatic heterocycles. The number of halogens is 5. The van der Waals surface area contributed by atoms with Gasteiger partial charge in [-0.1, -0.05) is 48.5 Å². The van der Waals surface area contributed by atoms with Crippen LogP contribution in [0.3, 0.4) is 0 Å². The molecule has 0 amide bonds. The third-order valence-corrected chi connectivity index (χ3v) is 5.01. The van der Waals surface area contributed by atoms with E-state index in [1.54, 1.807) is 19.2 Å². The molecule has 0 aliphatic rings. The molecule has 0 radical (unpaired) electrons. The van der Waals surface area contributed by atoms with Crippen LogP contribution in [0.5, 0.6) is 11.5 Å². The molecule has 0 heterocycles. The molecule has 0 aliphatic heterocycles. The normalized spacial score (nSPS) is 11.6. The number of hydrogen-bond donors (Lipinski definition) is 0.